The highest BCUT2D eigenvalue weighted by atomic mass is 16.3. The second kappa shape index (κ2) is 5.83. The predicted octanol–water partition coefficient (Wildman–Crippen LogP) is 0.933. The quantitative estimate of drug-likeness (QED) is 0.539. The predicted molar refractivity (Wildman–Crippen MR) is 66.8 cm³/mol. The molecule has 2 aromatic rings. The summed E-state index contributed by atoms with van der Waals surface area (Å²) >= 11 is 0. The summed E-state index contributed by atoms with van der Waals surface area (Å²) < 4.78 is 5.17. The Morgan fingerprint density at radius 2 is 2.28 bits per heavy atom. The van der Waals surface area contributed by atoms with Crippen molar-refractivity contribution >= 4 is 11.7 Å². The molecule has 6 heteroatoms. The highest BCUT2D eigenvalue weighted by molar-refractivity contribution is 5.94. The zero-order valence-electron chi connectivity index (χ0n) is 9.72. The van der Waals surface area contributed by atoms with Crippen LogP contribution in [0.3, 0.4) is 0 Å². The smallest absolute Gasteiger partial charge is 0.252 e. The van der Waals surface area contributed by atoms with Crippen LogP contribution in [-0.2, 0) is 6.42 Å². The van der Waals surface area contributed by atoms with Crippen molar-refractivity contribution in [2.45, 2.75) is 6.42 Å². The first-order valence-corrected chi connectivity index (χ1v) is 5.53. The molecule has 4 N–H and O–H groups in total. The van der Waals surface area contributed by atoms with Crippen molar-refractivity contribution in [1.82, 2.24) is 10.3 Å². The van der Waals surface area contributed by atoms with Gasteiger partial charge in [-0.25, -0.2) is 10.8 Å². The number of hydrazine groups is 1. The fraction of sp³-hybridized carbons (Fsp3) is 0.167. The molecule has 0 atom stereocenters. The van der Waals surface area contributed by atoms with Crippen molar-refractivity contribution in [3.63, 3.8) is 0 Å². The minimum atomic E-state index is -0.169. The van der Waals surface area contributed by atoms with Crippen LogP contribution < -0.4 is 16.6 Å². The number of amides is 1. The highest BCUT2D eigenvalue weighted by Gasteiger charge is 2.05. The summed E-state index contributed by atoms with van der Waals surface area (Å²) in [4.78, 5) is 15.7. The number of anilines is 1. The molecule has 0 saturated carbocycles. The number of nitrogen functional groups attached to an aromatic ring is 1. The summed E-state index contributed by atoms with van der Waals surface area (Å²) in [5.41, 5.74) is 2.89. The van der Waals surface area contributed by atoms with Gasteiger partial charge in [0.15, 0.2) is 0 Å². The molecule has 0 aliphatic carbocycles. The van der Waals surface area contributed by atoms with Gasteiger partial charge < -0.3 is 15.2 Å². The molecule has 94 valence electrons. The van der Waals surface area contributed by atoms with Crippen LogP contribution in [0, 0.1) is 0 Å². The fourth-order valence-electron chi connectivity index (χ4n) is 1.47. The third-order valence-corrected chi connectivity index (χ3v) is 2.41. The average Bonchev–Trinajstić information content (AvgIpc) is 2.92. The number of nitrogens with one attached hydrogen (secondary N) is 2. The second-order valence-electron chi connectivity index (χ2n) is 3.66. The maximum atomic E-state index is 11.7. The Morgan fingerprint density at radius 1 is 1.39 bits per heavy atom. The van der Waals surface area contributed by atoms with E-state index >= 15 is 0 Å². The fourth-order valence-corrected chi connectivity index (χ4v) is 1.47. The lowest BCUT2D eigenvalue weighted by Gasteiger charge is -2.04. The number of carbonyl (C=O) groups excluding carboxylic acids is 1. The van der Waals surface area contributed by atoms with Crippen LogP contribution in [0.15, 0.2) is 41.1 Å². The third-order valence-electron chi connectivity index (χ3n) is 2.41. The molecular formula is C12H14N4O2. The van der Waals surface area contributed by atoms with Gasteiger partial charge in [0.25, 0.3) is 5.91 Å². The van der Waals surface area contributed by atoms with E-state index in [0.29, 0.717) is 24.3 Å². The topological polar surface area (TPSA) is 93.2 Å². The molecule has 0 bridgehead atoms. The third kappa shape index (κ3) is 3.08. The van der Waals surface area contributed by atoms with Crippen molar-refractivity contribution in [3.8, 4) is 0 Å². The number of hydrogen-bond donors (Lipinski definition) is 3. The first-order valence-electron chi connectivity index (χ1n) is 5.53. The number of nitrogens with two attached hydrogens (primary N) is 1. The summed E-state index contributed by atoms with van der Waals surface area (Å²) in [6.07, 6.45) is 3.74. The summed E-state index contributed by atoms with van der Waals surface area (Å²) in [5.74, 6) is 6.38. The van der Waals surface area contributed by atoms with Crippen LogP contribution >= 0.6 is 0 Å². The van der Waals surface area contributed by atoms with E-state index in [1.54, 1.807) is 18.4 Å². The number of carbonyl (C=O) groups is 1. The molecular weight excluding hydrogens is 232 g/mol. The molecule has 18 heavy (non-hydrogen) atoms. The van der Waals surface area contributed by atoms with Gasteiger partial charge in [-0.1, -0.05) is 0 Å². The van der Waals surface area contributed by atoms with Crippen LogP contribution in [0.2, 0.25) is 0 Å². The van der Waals surface area contributed by atoms with E-state index < -0.39 is 0 Å². The molecule has 1 amide bonds. The van der Waals surface area contributed by atoms with E-state index in [1.807, 2.05) is 12.1 Å². The largest absolute Gasteiger partial charge is 0.469 e. The van der Waals surface area contributed by atoms with E-state index in [0.717, 1.165) is 5.76 Å². The SMILES string of the molecule is NNc1ccc(C(=O)NCCc2ccco2)cn1. The number of furan rings is 1. The molecule has 0 radical (unpaired) electrons. The standard InChI is InChI=1S/C12H14N4O2/c13-16-11-4-3-9(8-15-11)12(17)14-6-5-10-2-1-7-18-10/h1-4,7-8H,5-6,13H2,(H,14,17)(H,15,16). The molecule has 0 saturated heterocycles. The number of rotatable bonds is 5. The molecule has 0 aliphatic heterocycles. The number of hydrogen-bond acceptors (Lipinski definition) is 5. The van der Waals surface area contributed by atoms with Gasteiger partial charge in [0.2, 0.25) is 0 Å². The molecule has 2 rings (SSSR count). The van der Waals surface area contributed by atoms with Gasteiger partial charge in [0.05, 0.1) is 11.8 Å². The van der Waals surface area contributed by atoms with Gasteiger partial charge in [-0.3, -0.25) is 4.79 Å². The van der Waals surface area contributed by atoms with E-state index in [9.17, 15) is 4.79 Å². The monoisotopic (exact) mass is 246 g/mol. The Labute approximate surface area is 104 Å². The van der Waals surface area contributed by atoms with Gasteiger partial charge >= 0.3 is 0 Å². The maximum absolute atomic E-state index is 11.7. The van der Waals surface area contributed by atoms with Gasteiger partial charge in [0, 0.05) is 19.2 Å². The Kier molecular flexibility index (Phi) is 3.93. The van der Waals surface area contributed by atoms with Crippen molar-refractivity contribution in [3.05, 3.63) is 48.0 Å². The summed E-state index contributed by atoms with van der Waals surface area (Å²) in [5, 5.41) is 2.78. The van der Waals surface area contributed by atoms with Crippen LogP contribution in [0.4, 0.5) is 5.82 Å². The van der Waals surface area contributed by atoms with Crippen molar-refractivity contribution < 1.29 is 9.21 Å². The van der Waals surface area contributed by atoms with E-state index in [4.69, 9.17) is 10.3 Å². The second-order valence-corrected chi connectivity index (χ2v) is 3.66. The average molecular weight is 246 g/mol. The molecule has 0 aromatic carbocycles. The van der Waals surface area contributed by atoms with E-state index in [2.05, 4.69) is 15.7 Å². The van der Waals surface area contributed by atoms with E-state index in [1.165, 1.54) is 6.20 Å². The van der Waals surface area contributed by atoms with Crippen molar-refractivity contribution in [2.75, 3.05) is 12.0 Å². The minimum absolute atomic E-state index is 0.169. The molecule has 0 aliphatic rings. The summed E-state index contributed by atoms with van der Waals surface area (Å²) in [6.45, 7) is 0.517. The summed E-state index contributed by atoms with van der Waals surface area (Å²) in [7, 11) is 0. The molecule has 6 nitrogen and oxygen atoms in total. The Bertz CT molecular complexity index is 493. The maximum Gasteiger partial charge on any atom is 0.252 e. The van der Waals surface area contributed by atoms with Crippen molar-refractivity contribution in [2.24, 2.45) is 5.84 Å². The number of pyridine rings is 1. The number of nitrogens with zero attached hydrogens (tertiary/aromatic N) is 1. The van der Waals surface area contributed by atoms with Gasteiger partial charge in [-0.2, -0.15) is 0 Å². The first kappa shape index (κ1) is 12.1. The zero-order valence-corrected chi connectivity index (χ0v) is 9.72. The molecule has 0 unspecified atom stereocenters. The normalized spacial score (nSPS) is 10.1. The van der Waals surface area contributed by atoms with Crippen LogP contribution in [0.1, 0.15) is 16.1 Å². The lowest BCUT2D eigenvalue weighted by atomic mass is 10.2. The van der Waals surface area contributed by atoms with Gasteiger partial charge in [0.1, 0.15) is 11.6 Å². The lowest BCUT2D eigenvalue weighted by molar-refractivity contribution is 0.0953. The van der Waals surface area contributed by atoms with E-state index in [-0.39, 0.29) is 5.91 Å². The minimum Gasteiger partial charge on any atom is -0.469 e. The van der Waals surface area contributed by atoms with Crippen LogP contribution in [0.5, 0.6) is 0 Å². The molecule has 2 aromatic heterocycles. The first-order chi connectivity index (χ1) is 8.79. The Balaban J connectivity index is 1.83. The van der Waals surface area contributed by atoms with Gasteiger partial charge in [-0.05, 0) is 24.3 Å². The lowest BCUT2D eigenvalue weighted by Crippen LogP contribution is -2.25. The molecule has 2 heterocycles. The van der Waals surface area contributed by atoms with Gasteiger partial charge in [-0.15, -0.1) is 0 Å². The van der Waals surface area contributed by atoms with Crippen LogP contribution in [0.25, 0.3) is 0 Å². The van der Waals surface area contributed by atoms with Crippen LogP contribution in [-0.4, -0.2) is 17.4 Å². The number of aromatic nitrogens is 1. The zero-order chi connectivity index (χ0) is 12.8. The highest BCUT2D eigenvalue weighted by Crippen LogP contribution is 2.04. The molecule has 0 fully saturated rings. The summed E-state index contributed by atoms with van der Waals surface area (Å²) in [6, 6.07) is 6.99. The molecule has 0 spiro atoms. The Hall–Kier alpha value is -2.34. The van der Waals surface area contributed by atoms with Crippen molar-refractivity contribution in [1.29, 1.82) is 0 Å². The Morgan fingerprint density at radius 3 is 2.89 bits per heavy atom.